The maximum Gasteiger partial charge on any atom is 0.142 e. The van der Waals surface area contributed by atoms with Gasteiger partial charge in [0.1, 0.15) is 22.7 Å². The number of hydrogen-bond donors (Lipinski definition) is 1. The molecule has 1 N–H and O–H groups in total. The molecule has 0 radical (unpaired) electrons. The second-order valence-electron chi connectivity index (χ2n) is 8.07. The number of aromatic nitrogens is 2. The van der Waals surface area contributed by atoms with Gasteiger partial charge in [0.2, 0.25) is 0 Å². The van der Waals surface area contributed by atoms with Crippen molar-refractivity contribution in [2.45, 2.75) is 40.0 Å². The number of nitrogens with zero attached hydrogens (tertiary/aromatic N) is 2. The van der Waals surface area contributed by atoms with Gasteiger partial charge in [-0.25, -0.2) is 9.97 Å². The summed E-state index contributed by atoms with van der Waals surface area (Å²) >= 11 is 1.84. The van der Waals surface area contributed by atoms with Gasteiger partial charge in [-0.15, -0.1) is 11.3 Å². The Balaban J connectivity index is 1.72. The molecule has 1 aromatic carbocycles. The topological polar surface area (TPSA) is 47.0 Å². The van der Waals surface area contributed by atoms with Gasteiger partial charge in [0.25, 0.3) is 0 Å². The monoisotopic (exact) mass is 367 g/mol. The van der Waals surface area contributed by atoms with Crippen LogP contribution in [0.5, 0.6) is 5.75 Å². The highest BCUT2D eigenvalue weighted by atomic mass is 32.1. The molecular weight excluding hydrogens is 342 g/mol. The highest BCUT2D eigenvalue weighted by Gasteiger charge is 2.31. The first kappa shape index (κ1) is 17.3. The number of aryl methyl sites for hydroxylation is 1. The van der Waals surface area contributed by atoms with Gasteiger partial charge in [-0.1, -0.05) is 26.8 Å². The van der Waals surface area contributed by atoms with Crippen LogP contribution >= 0.6 is 11.3 Å². The summed E-state index contributed by atoms with van der Waals surface area (Å²) in [6.45, 7) is 7.06. The zero-order chi connectivity index (χ0) is 18.3. The van der Waals surface area contributed by atoms with Gasteiger partial charge in [0.15, 0.2) is 0 Å². The maximum absolute atomic E-state index is 5.33. The Morgan fingerprint density at radius 1 is 1.23 bits per heavy atom. The molecule has 2 aromatic heterocycles. The zero-order valence-electron chi connectivity index (χ0n) is 15.8. The molecule has 0 fully saturated rings. The van der Waals surface area contributed by atoms with Crippen molar-refractivity contribution in [3.8, 4) is 5.75 Å². The lowest BCUT2D eigenvalue weighted by molar-refractivity contribution is 0.218. The number of methoxy groups -OCH3 is 1. The molecule has 1 aliphatic rings. The molecule has 3 aromatic rings. The highest BCUT2D eigenvalue weighted by molar-refractivity contribution is 7.19. The Morgan fingerprint density at radius 3 is 2.85 bits per heavy atom. The Morgan fingerprint density at radius 2 is 2.08 bits per heavy atom. The van der Waals surface area contributed by atoms with Crippen LogP contribution < -0.4 is 10.1 Å². The molecule has 26 heavy (non-hydrogen) atoms. The van der Waals surface area contributed by atoms with Crippen LogP contribution in [0.3, 0.4) is 0 Å². The summed E-state index contributed by atoms with van der Waals surface area (Å²) in [6.07, 6.45) is 5.15. The van der Waals surface area contributed by atoms with Crippen molar-refractivity contribution in [1.82, 2.24) is 9.97 Å². The number of hydrogen-bond acceptors (Lipinski definition) is 5. The SMILES string of the molecule is COc1cccc(Nc2ncnc3sc4c(c23)CCC(C(C)(C)C)C4)c1. The van der Waals surface area contributed by atoms with Gasteiger partial charge in [0, 0.05) is 16.6 Å². The fraction of sp³-hybridized carbons (Fsp3) is 0.429. The van der Waals surface area contributed by atoms with Crippen LogP contribution in [0.25, 0.3) is 10.2 Å². The molecule has 4 nitrogen and oxygen atoms in total. The van der Waals surface area contributed by atoms with E-state index in [1.807, 2.05) is 35.6 Å². The molecule has 5 heteroatoms. The largest absolute Gasteiger partial charge is 0.497 e. The molecule has 0 amide bonds. The first-order valence-corrected chi connectivity index (χ1v) is 9.93. The van der Waals surface area contributed by atoms with Gasteiger partial charge in [-0.05, 0) is 48.3 Å². The third kappa shape index (κ3) is 3.16. The molecule has 4 rings (SSSR count). The lowest BCUT2D eigenvalue weighted by Gasteiger charge is -2.33. The van der Waals surface area contributed by atoms with Crippen LogP contribution in [-0.4, -0.2) is 17.1 Å². The average Bonchev–Trinajstić information content (AvgIpc) is 3.00. The predicted octanol–water partition coefficient (Wildman–Crippen LogP) is 5.59. The molecule has 136 valence electrons. The molecule has 1 aliphatic carbocycles. The van der Waals surface area contributed by atoms with E-state index < -0.39 is 0 Å². The smallest absolute Gasteiger partial charge is 0.142 e. The lowest BCUT2D eigenvalue weighted by Crippen LogP contribution is -2.26. The van der Waals surface area contributed by atoms with E-state index in [2.05, 4.69) is 36.1 Å². The summed E-state index contributed by atoms with van der Waals surface area (Å²) < 4.78 is 5.33. The summed E-state index contributed by atoms with van der Waals surface area (Å²) in [7, 11) is 1.68. The predicted molar refractivity (Wildman–Crippen MR) is 109 cm³/mol. The number of ether oxygens (including phenoxy) is 1. The first-order chi connectivity index (χ1) is 12.5. The van der Waals surface area contributed by atoms with Gasteiger partial charge < -0.3 is 10.1 Å². The van der Waals surface area contributed by atoms with Crippen LogP contribution in [0.1, 0.15) is 37.6 Å². The van der Waals surface area contributed by atoms with E-state index in [9.17, 15) is 0 Å². The minimum atomic E-state index is 0.348. The van der Waals surface area contributed by atoms with Gasteiger partial charge in [-0.2, -0.15) is 0 Å². The second kappa shape index (κ2) is 6.54. The van der Waals surface area contributed by atoms with E-state index in [1.54, 1.807) is 13.4 Å². The van der Waals surface area contributed by atoms with Crippen molar-refractivity contribution in [3.63, 3.8) is 0 Å². The Hall–Kier alpha value is -2.14. The van der Waals surface area contributed by atoms with Crippen molar-refractivity contribution >= 4 is 33.1 Å². The normalized spacial score (nSPS) is 17.2. The molecule has 0 aliphatic heterocycles. The van der Waals surface area contributed by atoms with Crippen LogP contribution in [0.2, 0.25) is 0 Å². The van der Waals surface area contributed by atoms with Crippen LogP contribution in [0.15, 0.2) is 30.6 Å². The number of thiophene rings is 1. The Kier molecular flexibility index (Phi) is 4.35. The quantitative estimate of drug-likeness (QED) is 0.655. The standard InChI is InChI=1S/C21H25N3OS/c1-21(2,3)13-8-9-16-17(10-13)26-20-18(16)19(22-12-23-20)24-14-6-5-7-15(11-14)25-4/h5-7,11-13H,8-10H2,1-4H3,(H,22,23,24). The molecule has 0 spiro atoms. The second-order valence-corrected chi connectivity index (χ2v) is 9.15. The summed E-state index contributed by atoms with van der Waals surface area (Å²) in [5.74, 6) is 2.46. The summed E-state index contributed by atoms with van der Waals surface area (Å²) in [5.41, 5.74) is 2.77. The third-order valence-electron chi connectivity index (χ3n) is 5.40. The number of rotatable bonds is 3. The number of benzene rings is 1. The maximum atomic E-state index is 5.33. The van der Waals surface area contributed by atoms with E-state index in [-0.39, 0.29) is 0 Å². The number of fused-ring (bicyclic) bond motifs is 3. The van der Waals surface area contributed by atoms with E-state index >= 15 is 0 Å². The lowest BCUT2D eigenvalue weighted by atomic mass is 9.72. The van der Waals surface area contributed by atoms with E-state index in [1.165, 1.54) is 22.2 Å². The first-order valence-electron chi connectivity index (χ1n) is 9.12. The van der Waals surface area contributed by atoms with E-state index in [4.69, 9.17) is 4.74 Å². The van der Waals surface area contributed by atoms with Crippen LogP contribution in [0.4, 0.5) is 11.5 Å². The van der Waals surface area contributed by atoms with E-state index in [0.29, 0.717) is 5.41 Å². The van der Waals surface area contributed by atoms with Crippen molar-refractivity contribution in [3.05, 3.63) is 41.0 Å². The summed E-state index contributed by atoms with van der Waals surface area (Å²) in [6, 6.07) is 7.95. The molecule has 0 bridgehead atoms. The van der Waals surface area contributed by atoms with Crippen molar-refractivity contribution in [2.75, 3.05) is 12.4 Å². The Labute approximate surface area is 158 Å². The third-order valence-corrected chi connectivity index (χ3v) is 6.56. The molecule has 2 heterocycles. The molecule has 1 unspecified atom stereocenters. The molecule has 0 saturated carbocycles. The fourth-order valence-electron chi connectivity index (χ4n) is 3.78. The van der Waals surface area contributed by atoms with Crippen molar-refractivity contribution in [2.24, 2.45) is 11.3 Å². The van der Waals surface area contributed by atoms with Gasteiger partial charge in [-0.3, -0.25) is 0 Å². The molecule has 0 saturated heterocycles. The van der Waals surface area contributed by atoms with Gasteiger partial charge in [0.05, 0.1) is 12.5 Å². The number of nitrogens with one attached hydrogen (secondary N) is 1. The number of anilines is 2. The molecule has 1 atom stereocenters. The fourth-order valence-corrected chi connectivity index (χ4v) is 5.05. The minimum absolute atomic E-state index is 0.348. The van der Waals surface area contributed by atoms with Crippen molar-refractivity contribution < 1.29 is 4.74 Å². The van der Waals surface area contributed by atoms with Crippen LogP contribution in [-0.2, 0) is 12.8 Å². The Bertz CT molecular complexity index is 942. The van der Waals surface area contributed by atoms with Gasteiger partial charge >= 0.3 is 0 Å². The van der Waals surface area contributed by atoms with Crippen LogP contribution in [0, 0.1) is 11.3 Å². The van der Waals surface area contributed by atoms with Crippen molar-refractivity contribution in [1.29, 1.82) is 0 Å². The summed E-state index contributed by atoms with van der Waals surface area (Å²) in [4.78, 5) is 11.7. The minimum Gasteiger partial charge on any atom is -0.497 e. The summed E-state index contributed by atoms with van der Waals surface area (Å²) in [5, 5.41) is 4.67. The zero-order valence-corrected chi connectivity index (χ0v) is 16.6. The highest BCUT2D eigenvalue weighted by Crippen LogP contribution is 2.44. The van der Waals surface area contributed by atoms with E-state index in [0.717, 1.165) is 40.8 Å². The molecular formula is C21H25N3OS. The average molecular weight is 368 g/mol.